The van der Waals surface area contributed by atoms with Crippen molar-refractivity contribution in [1.29, 1.82) is 0 Å². The molecule has 6 heterocycles. The molecule has 0 radical (unpaired) electrons. The standard InChI is InChI=1S/C44H52N10O6/c1-23(2)37(50-43(57)59-6)41(55)52-16-8-10-34(52)39-45-21-31(48-39)26-13-15-33-28(18-26)20-36-29-14-12-27(19-30(29)47-25(5)54(33)36)32-22-46-40(49-32)35-11-9-17-53(35)42(56)38(24(3)4)51-44(58)60-7/h12-15,18-24,34-35,37-38H,8-11,16-17H2,1-7H3,(H,45,48)(H,46,49)(H,50,57)(H,51,58)/t34-,35+,37?,38-/m0/s1. The van der Waals surface area contributed by atoms with Crippen LogP contribution in [0.25, 0.3) is 49.8 Å². The second kappa shape index (κ2) is 16.3. The Morgan fingerprint density at radius 1 is 0.717 bits per heavy atom. The number of rotatable bonds is 10. The molecule has 2 fully saturated rings. The van der Waals surface area contributed by atoms with Gasteiger partial charge in [0.25, 0.3) is 0 Å². The molecule has 16 heteroatoms. The summed E-state index contributed by atoms with van der Waals surface area (Å²) in [7, 11) is 2.58. The van der Waals surface area contributed by atoms with Gasteiger partial charge in [0.1, 0.15) is 29.6 Å². The van der Waals surface area contributed by atoms with E-state index in [1.54, 1.807) is 6.20 Å². The second-order valence-electron chi connectivity index (χ2n) is 16.5. The topological polar surface area (TPSA) is 192 Å². The van der Waals surface area contributed by atoms with Gasteiger partial charge < -0.3 is 39.9 Å². The van der Waals surface area contributed by atoms with E-state index in [2.05, 4.69) is 67.5 Å². The highest BCUT2D eigenvalue weighted by molar-refractivity contribution is 6.03. The number of ether oxygens (including phenoxy) is 2. The van der Waals surface area contributed by atoms with Crippen LogP contribution in [0.15, 0.2) is 54.9 Å². The lowest BCUT2D eigenvalue weighted by molar-refractivity contribution is -0.136. The van der Waals surface area contributed by atoms with E-state index in [1.165, 1.54) is 14.2 Å². The predicted octanol–water partition coefficient (Wildman–Crippen LogP) is 6.82. The number of fused-ring (bicyclic) bond motifs is 5. The van der Waals surface area contributed by atoms with Crippen molar-refractivity contribution in [2.75, 3.05) is 27.3 Å². The summed E-state index contributed by atoms with van der Waals surface area (Å²) in [6.07, 6.45) is 5.56. The van der Waals surface area contributed by atoms with Crippen molar-refractivity contribution in [3.63, 3.8) is 0 Å². The second-order valence-corrected chi connectivity index (χ2v) is 16.5. The number of likely N-dealkylation sites (tertiary alicyclic amines) is 2. The van der Waals surface area contributed by atoms with Crippen LogP contribution in [0.4, 0.5) is 9.59 Å². The van der Waals surface area contributed by atoms with Crippen LogP contribution in [0.2, 0.25) is 0 Å². The molecule has 16 nitrogen and oxygen atoms in total. The zero-order valence-electron chi connectivity index (χ0n) is 35.0. The Morgan fingerprint density at radius 3 is 1.75 bits per heavy atom. The lowest BCUT2D eigenvalue weighted by atomic mass is 10.0. The molecule has 314 valence electrons. The first-order valence-corrected chi connectivity index (χ1v) is 20.6. The molecule has 4 aromatic heterocycles. The van der Waals surface area contributed by atoms with Crippen LogP contribution in [-0.4, -0.2) is 103 Å². The molecule has 4 amide bonds. The largest absolute Gasteiger partial charge is 0.453 e. The van der Waals surface area contributed by atoms with E-state index in [1.807, 2.05) is 50.6 Å². The number of aryl methyl sites for hydroxylation is 1. The number of carbonyl (C=O) groups is 4. The Morgan fingerprint density at radius 2 is 1.23 bits per heavy atom. The zero-order chi connectivity index (χ0) is 42.4. The minimum atomic E-state index is -0.704. The zero-order valence-corrected chi connectivity index (χ0v) is 35.0. The Labute approximate surface area is 347 Å². The lowest BCUT2D eigenvalue weighted by Crippen LogP contribution is -2.51. The van der Waals surface area contributed by atoms with Crippen molar-refractivity contribution in [2.45, 2.75) is 84.5 Å². The fourth-order valence-electron chi connectivity index (χ4n) is 8.85. The molecule has 6 aromatic rings. The molecule has 4 atom stereocenters. The van der Waals surface area contributed by atoms with E-state index >= 15 is 0 Å². The molecular weight excluding hydrogens is 765 g/mol. The maximum Gasteiger partial charge on any atom is 0.407 e. The molecule has 2 aliphatic heterocycles. The van der Waals surface area contributed by atoms with Crippen LogP contribution >= 0.6 is 0 Å². The maximum absolute atomic E-state index is 13.7. The number of carbonyl (C=O) groups excluding carboxylic acids is 4. The molecule has 2 aliphatic rings. The van der Waals surface area contributed by atoms with Crippen LogP contribution < -0.4 is 10.6 Å². The van der Waals surface area contributed by atoms with Gasteiger partial charge in [0, 0.05) is 35.0 Å². The average molecular weight is 817 g/mol. The van der Waals surface area contributed by atoms with Crippen molar-refractivity contribution in [1.82, 2.24) is 49.8 Å². The van der Waals surface area contributed by atoms with Gasteiger partial charge in [-0.1, -0.05) is 45.9 Å². The van der Waals surface area contributed by atoms with Crippen LogP contribution in [0.3, 0.4) is 0 Å². The van der Waals surface area contributed by atoms with E-state index in [0.717, 1.165) is 81.3 Å². The minimum absolute atomic E-state index is 0.117. The minimum Gasteiger partial charge on any atom is -0.453 e. The predicted molar refractivity (Wildman–Crippen MR) is 226 cm³/mol. The summed E-state index contributed by atoms with van der Waals surface area (Å²) in [6, 6.07) is 12.8. The molecular formula is C44H52N10O6. The third kappa shape index (κ3) is 7.39. The Hall–Kier alpha value is -6.45. The smallest absolute Gasteiger partial charge is 0.407 e. The van der Waals surface area contributed by atoms with Gasteiger partial charge in [-0.2, -0.15) is 0 Å². The van der Waals surface area contributed by atoms with Crippen molar-refractivity contribution < 1.29 is 28.7 Å². The quantitative estimate of drug-likeness (QED) is 0.115. The molecule has 1 unspecified atom stereocenters. The molecule has 4 N–H and O–H groups in total. The average Bonchev–Trinajstić information content (AvgIpc) is 4.09. The Bertz CT molecular complexity index is 2610. The number of benzene rings is 2. The van der Waals surface area contributed by atoms with Gasteiger partial charge in [-0.3, -0.25) is 14.0 Å². The molecule has 0 spiro atoms. The van der Waals surface area contributed by atoms with Crippen LogP contribution in [0.1, 0.15) is 82.9 Å². The van der Waals surface area contributed by atoms with E-state index in [-0.39, 0.29) is 35.7 Å². The highest BCUT2D eigenvalue weighted by Gasteiger charge is 2.39. The highest BCUT2D eigenvalue weighted by atomic mass is 16.5. The Kier molecular flexibility index (Phi) is 11.0. The first-order chi connectivity index (χ1) is 28.9. The van der Waals surface area contributed by atoms with Crippen molar-refractivity contribution >= 4 is 51.3 Å². The first kappa shape index (κ1) is 40.3. The van der Waals surface area contributed by atoms with Gasteiger partial charge in [-0.05, 0) is 68.7 Å². The number of aromatic amines is 2. The Balaban J connectivity index is 1.04. The molecule has 0 saturated carbocycles. The molecule has 0 bridgehead atoms. The summed E-state index contributed by atoms with van der Waals surface area (Å²) in [5.41, 5.74) is 6.48. The number of methoxy groups -OCH3 is 2. The van der Waals surface area contributed by atoms with Crippen LogP contribution in [-0.2, 0) is 19.1 Å². The first-order valence-electron chi connectivity index (χ1n) is 20.6. The summed E-state index contributed by atoms with van der Waals surface area (Å²) < 4.78 is 11.7. The molecule has 0 aliphatic carbocycles. The number of H-pyrrole nitrogens is 2. The number of alkyl carbamates (subject to hydrolysis) is 2. The maximum atomic E-state index is 13.7. The van der Waals surface area contributed by atoms with Crippen molar-refractivity contribution in [3.8, 4) is 22.5 Å². The van der Waals surface area contributed by atoms with Crippen molar-refractivity contribution in [3.05, 3.63) is 72.3 Å². The number of aromatic nitrogens is 6. The summed E-state index contributed by atoms with van der Waals surface area (Å²) in [5.74, 6) is 1.73. The third-order valence-electron chi connectivity index (χ3n) is 12.0. The molecule has 2 aromatic carbocycles. The number of nitrogens with one attached hydrogen (secondary N) is 4. The van der Waals surface area contributed by atoms with Gasteiger partial charge in [0.2, 0.25) is 11.8 Å². The number of nitrogens with zero attached hydrogens (tertiary/aromatic N) is 6. The summed E-state index contributed by atoms with van der Waals surface area (Å²) in [5, 5.41) is 7.47. The van der Waals surface area contributed by atoms with E-state index < -0.39 is 24.3 Å². The van der Waals surface area contributed by atoms with E-state index in [0.29, 0.717) is 24.7 Å². The monoisotopic (exact) mass is 816 g/mol. The van der Waals surface area contributed by atoms with Gasteiger partial charge in [0.05, 0.1) is 66.6 Å². The molecule has 2 saturated heterocycles. The normalized spacial score (nSPS) is 17.9. The molecule has 60 heavy (non-hydrogen) atoms. The fraction of sp³-hybridized carbons (Fsp3) is 0.432. The van der Waals surface area contributed by atoms with Gasteiger partial charge in [-0.15, -0.1) is 0 Å². The highest BCUT2D eigenvalue weighted by Crippen LogP contribution is 2.36. The fourth-order valence-corrected chi connectivity index (χ4v) is 8.85. The van der Waals surface area contributed by atoms with Gasteiger partial charge >= 0.3 is 12.2 Å². The third-order valence-corrected chi connectivity index (χ3v) is 12.0. The van der Waals surface area contributed by atoms with Crippen LogP contribution in [0.5, 0.6) is 0 Å². The van der Waals surface area contributed by atoms with E-state index in [4.69, 9.17) is 24.4 Å². The number of imidazole rings is 2. The summed E-state index contributed by atoms with van der Waals surface area (Å²) in [4.78, 5) is 76.5. The van der Waals surface area contributed by atoms with Gasteiger partial charge in [-0.25, -0.2) is 24.5 Å². The van der Waals surface area contributed by atoms with Gasteiger partial charge in [0.15, 0.2) is 0 Å². The number of hydrogen-bond donors (Lipinski definition) is 4. The number of hydrogen-bond acceptors (Lipinski definition) is 9. The van der Waals surface area contributed by atoms with E-state index in [9.17, 15) is 19.2 Å². The summed E-state index contributed by atoms with van der Waals surface area (Å²) in [6.45, 7) is 10.8. The molecule has 8 rings (SSSR count). The lowest BCUT2D eigenvalue weighted by Gasteiger charge is -2.30. The SMILES string of the molecule is COC(=O)NC(C(=O)N1CCC[C@H]1c1ncc(-c2ccc3c(c2)cc2c4ccc(-c5cnc([C@H]6CCCN6C(=O)[C@@H](NC(=O)OC)C(C)C)[nH]5)cc4nc(C)n32)[nH]1)C(C)C. The number of amides is 4. The van der Waals surface area contributed by atoms with Crippen molar-refractivity contribution in [2.24, 2.45) is 11.8 Å². The summed E-state index contributed by atoms with van der Waals surface area (Å²) >= 11 is 0. The van der Waals surface area contributed by atoms with Crippen LogP contribution in [0, 0.1) is 18.8 Å².